The summed E-state index contributed by atoms with van der Waals surface area (Å²) in [5, 5.41) is 3.21. The number of likely N-dealkylation sites (tertiary alicyclic amines) is 2. The Morgan fingerprint density at radius 1 is 1.15 bits per heavy atom. The molecule has 4 N–H and O–H groups in total. The first-order chi connectivity index (χ1) is 16.3. The number of rotatable bonds is 5. The maximum absolute atomic E-state index is 14.1. The number of alkyl halides is 2. The van der Waals surface area contributed by atoms with Crippen molar-refractivity contribution in [1.29, 1.82) is 0 Å². The molecule has 34 heavy (non-hydrogen) atoms. The minimum Gasteiger partial charge on any atom is -0.449 e. The minimum atomic E-state index is -1.12. The lowest BCUT2D eigenvalue weighted by atomic mass is 9.84. The molecule has 2 heterocycles. The van der Waals surface area contributed by atoms with Crippen molar-refractivity contribution in [2.45, 2.75) is 62.7 Å². The number of halogens is 2. The van der Waals surface area contributed by atoms with Gasteiger partial charge < -0.3 is 30.8 Å². The monoisotopic (exact) mass is 501 g/mol. The lowest BCUT2D eigenvalue weighted by molar-refractivity contribution is -0.135. The summed E-state index contributed by atoms with van der Waals surface area (Å²) >= 11 is 6.07. The van der Waals surface area contributed by atoms with Crippen LogP contribution in [0.4, 0.5) is 9.18 Å². The Hall–Kier alpha value is -1.65. The summed E-state index contributed by atoms with van der Waals surface area (Å²) < 4.78 is 25.4. The topological polar surface area (TPSA) is 123 Å². The average Bonchev–Trinajstić information content (AvgIpc) is 3.40. The van der Waals surface area contributed by atoms with E-state index in [0.717, 1.165) is 6.42 Å². The van der Waals surface area contributed by atoms with Crippen molar-refractivity contribution in [3.05, 3.63) is 0 Å². The molecule has 0 aromatic heterocycles. The third kappa shape index (κ3) is 5.44. The van der Waals surface area contributed by atoms with Gasteiger partial charge in [0.15, 0.2) is 0 Å². The number of hydrogen-bond acceptors (Lipinski definition) is 7. The maximum atomic E-state index is 14.1. The van der Waals surface area contributed by atoms with Crippen LogP contribution in [0.15, 0.2) is 5.10 Å². The molecule has 8 atom stereocenters. The van der Waals surface area contributed by atoms with Crippen molar-refractivity contribution < 1.29 is 23.5 Å². The van der Waals surface area contributed by atoms with E-state index in [1.54, 1.807) is 4.90 Å². The summed E-state index contributed by atoms with van der Waals surface area (Å²) in [4.78, 5) is 29.4. The predicted molar refractivity (Wildman–Crippen MR) is 126 cm³/mol. The lowest BCUT2D eigenvalue weighted by Crippen LogP contribution is -2.44. The van der Waals surface area contributed by atoms with Crippen molar-refractivity contribution in [3.8, 4) is 0 Å². The zero-order valence-corrected chi connectivity index (χ0v) is 20.5. The van der Waals surface area contributed by atoms with Crippen LogP contribution in [0.1, 0.15) is 39.0 Å². The molecular formula is C23H37ClFN5O4. The van der Waals surface area contributed by atoms with Gasteiger partial charge in [-0.05, 0) is 32.6 Å². The second kappa shape index (κ2) is 11.0. The molecule has 2 aliphatic heterocycles. The summed E-state index contributed by atoms with van der Waals surface area (Å²) in [5.74, 6) is 5.73. The molecule has 0 aromatic carbocycles. The van der Waals surface area contributed by atoms with E-state index >= 15 is 0 Å². The van der Waals surface area contributed by atoms with Gasteiger partial charge in [0, 0.05) is 68.9 Å². The van der Waals surface area contributed by atoms with Gasteiger partial charge in [-0.1, -0.05) is 0 Å². The van der Waals surface area contributed by atoms with E-state index in [-0.39, 0.29) is 60.8 Å². The van der Waals surface area contributed by atoms with Gasteiger partial charge in [0.1, 0.15) is 6.17 Å². The van der Waals surface area contributed by atoms with Crippen LogP contribution in [0, 0.1) is 23.7 Å². The highest BCUT2D eigenvalue weighted by Gasteiger charge is 2.45. The number of nitrogens with zero attached hydrogens (tertiary/aromatic N) is 3. The molecule has 192 valence electrons. The van der Waals surface area contributed by atoms with Gasteiger partial charge >= 0.3 is 6.09 Å². The molecule has 8 unspecified atom stereocenters. The normalized spacial score (nSPS) is 39.4. The quantitative estimate of drug-likeness (QED) is 0.336. The molecule has 0 bridgehead atoms. The van der Waals surface area contributed by atoms with Crippen LogP contribution >= 0.6 is 11.6 Å². The van der Waals surface area contributed by atoms with Gasteiger partial charge in [-0.15, -0.1) is 11.6 Å². The molecule has 2 aliphatic carbocycles. The summed E-state index contributed by atoms with van der Waals surface area (Å²) in [7, 11) is 0. The van der Waals surface area contributed by atoms with Gasteiger partial charge in [0.2, 0.25) is 5.91 Å². The predicted octanol–water partition coefficient (Wildman–Crippen LogP) is 1.72. The van der Waals surface area contributed by atoms with Crippen LogP contribution in [-0.4, -0.2) is 90.6 Å². The first-order valence-electron chi connectivity index (χ1n) is 12.4. The number of carbonyl (C=O) groups is 2. The number of hydrogen-bond donors (Lipinski definition) is 2. The number of amides is 2. The molecule has 0 spiro atoms. The highest BCUT2D eigenvalue weighted by molar-refractivity contribution is 6.21. The van der Waals surface area contributed by atoms with E-state index < -0.39 is 11.5 Å². The fourth-order valence-corrected chi connectivity index (χ4v) is 6.29. The molecule has 9 nitrogen and oxygen atoms in total. The number of nitrogens with two attached hydrogens (primary N) is 2. The van der Waals surface area contributed by atoms with Crippen molar-refractivity contribution in [1.82, 2.24) is 9.80 Å². The number of hydrazone groups is 1. The summed E-state index contributed by atoms with van der Waals surface area (Å²) in [6.45, 7) is 4.92. The molecule has 0 radical (unpaired) electrons. The summed E-state index contributed by atoms with van der Waals surface area (Å²) in [6, 6.07) is -0.156. The van der Waals surface area contributed by atoms with Crippen molar-refractivity contribution in [3.63, 3.8) is 0 Å². The van der Waals surface area contributed by atoms with E-state index in [0.29, 0.717) is 57.8 Å². The van der Waals surface area contributed by atoms with Crippen LogP contribution < -0.4 is 11.6 Å². The fraction of sp³-hybridized carbons (Fsp3) is 0.870. The van der Waals surface area contributed by atoms with Gasteiger partial charge in [0.05, 0.1) is 23.8 Å². The Balaban J connectivity index is 1.24. The maximum Gasteiger partial charge on any atom is 0.409 e. The van der Waals surface area contributed by atoms with Crippen LogP contribution in [0.2, 0.25) is 0 Å². The highest BCUT2D eigenvalue weighted by atomic mass is 35.5. The van der Waals surface area contributed by atoms with Crippen LogP contribution in [0.5, 0.6) is 0 Å². The third-order valence-electron chi connectivity index (χ3n) is 7.99. The van der Waals surface area contributed by atoms with Gasteiger partial charge in [-0.25, -0.2) is 9.18 Å². The van der Waals surface area contributed by atoms with E-state index in [1.165, 1.54) is 0 Å². The molecule has 2 amide bonds. The van der Waals surface area contributed by atoms with E-state index in [1.807, 2.05) is 11.8 Å². The Morgan fingerprint density at radius 2 is 1.82 bits per heavy atom. The minimum absolute atomic E-state index is 0.123. The van der Waals surface area contributed by atoms with Crippen molar-refractivity contribution in [2.75, 3.05) is 39.4 Å². The Morgan fingerprint density at radius 3 is 2.47 bits per heavy atom. The largest absolute Gasteiger partial charge is 0.449 e. The molecular weight excluding hydrogens is 465 g/mol. The second-order valence-electron chi connectivity index (χ2n) is 10.2. The van der Waals surface area contributed by atoms with E-state index in [9.17, 15) is 14.0 Å². The Kier molecular flexibility index (Phi) is 8.20. The number of carbonyl (C=O) groups excluding carboxylic acids is 2. The molecule has 2 saturated heterocycles. The van der Waals surface area contributed by atoms with Gasteiger partial charge in [-0.3, -0.25) is 4.79 Å². The van der Waals surface area contributed by atoms with Gasteiger partial charge in [-0.2, -0.15) is 5.10 Å². The van der Waals surface area contributed by atoms with Crippen molar-refractivity contribution >= 4 is 29.3 Å². The molecule has 4 rings (SSSR count). The second-order valence-corrected chi connectivity index (χ2v) is 10.8. The number of fused-ring (bicyclic) bond motifs is 1. The Labute approximate surface area is 205 Å². The summed E-state index contributed by atoms with van der Waals surface area (Å²) in [6.07, 6.45) is 0.932. The first kappa shape index (κ1) is 25.4. The smallest absolute Gasteiger partial charge is 0.409 e. The van der Waals surface area contributed by atoms with Crippen LogP contribution in [0.3, 0.4) is 0 Å². The zero-order chi connectivity index (χ0) is 24.4. The highest BCUT2D eigenvalue weighted by Crippen LogP contribution is 2.35. The SMILES string of the molecule is CCOC1CC(Cl)C(F)CC1COC(=O)N1CC2CN(C(=O)C3CCC(N)/C(=N/N)C3)CC2C1. The first-order valence-corrected chi connectivity index (χ1v) is 12.9. The molecule has 2 saturated carbocycles. The van der Waals surface area contributed by atoms with Crippen LogP contribution in [-0.2, 0) is 14.3 Å². The van der Waals surface area contributed by atoms with Gasteiger partial charge in [0.25, 0.3) is 0 Å². The number of ether oxygens (including phenoxy) is 2. The van der Waals surface area contributed by atoms with Crippen LogP contribution in [0.25, 0.3) is 0 Å². The average molecular weight is 502 g/mol. The molecule has 0 aromatic rings. The molecule has 4 fully saturated rings. The fourth-order valence-electron chi connectivity index (χ4n) is 6.01. The standard InChI is InChI=1S/C23H37ClFN5O4/c1-2-33-21-7-17(24)18(25)5-14(21)12-34-23(32)30-10-15-8-29(9-16(15)11-30)22(31)13-3-4-19(26)20(6-13)28-27/h13-19,21H,2-12,26-27H2,1H3/b28-20+. The van der Waals surface area contributed by atoms with E-state index in [2.05, 4.69) is 5.10 Å². The summed E-state index contributed by atoms with van der Waals surface area (Å²) in [5.41, 5.74) is 6.73. The zero-order valence-electron chi connectivity index (χ0n) is 19.8. The van der Waals surface area contributed by atoms with E-state index in [4.69, 9.17) is 32.7 Å². The molecule has 4 aliphatic rings. The Bertz CT molecular complexity index is 774. The molecule has 11 heteroatoms. The third-order valence-corrected chi connectivity index (χ3v) is 8.44. The lowest BCUT2D eigenvalue weighted by Gasteiger charge is -2.35. The van der Waals surface area contributed by atoms with Crippen molar-refractivity contribution in [2.24, 2.45) is 40.3 Å².